The Morgan fingerprint density at radius 2 is 1.50 bits per heavy atom. The zero-order chi connectivity index (χ0) is 20.3. The van der Waals surface area contributed by atoms with Crippen LogP contribution in [-0.2, 0) is 15.1 Å². The minimum atomic E-state index is -1.92. The van der Waals surface area contributed by atoms with Crippen LogP contribution in [0.15, 0.2) is 60.0 Å². The minimum absolute atomic E-state index is 0.271. The van der Waals surface area contributed by atoms with Crippen LogP contribution in [-0.4, -0.2) is 24.1 Å². The predicted molar refractivity (Wildman–Crippen MR) is 110 cm³/mol. The molecule has 0 aliphatic rings. The van der Waals surface area contributed by atoms with E-state index in [2.05, 4.69) is 5.32 Å². The number of thiophene rings is 1. The summed E-state index contributed by atoms with van der Waals surface area (Å²) in [5.41, 5.74) is 0.908. The number of carbonyl (C=O) groups excluding carboxylic acids is 2. The highest BCUT2D eigenvalue weighted by atomic mass is 32.1. The number of ether oxygens (including phenoxy) is 1. The van der Waals surface area contributed by atoms with Crippen molar-refractivity contribution in [2.75, 3.05) is 12.4 Å². The van der Waals surface area contributed by atoms with Gasteiger partial charge in [-0.3, -0.25) is 4.79 Å². The van der Waals surface area contributed by atoms with Crippen molar-refractivity contribution < 1.29 is 19.4 Å². The third-order valence-corrected chi connectivity index (χ3v) is 5.58. The maximum Gasteiger partial charge on any atom is 0.350 e. The fourth-order valence-electron chi connectivity index (χ4n) is 3.22. The third kappa shape index (κ3) is 3.44. The second kappa shape index (κ2) is 7.96. The summed E-state index contributed by atoms with van der Waals surface area (Å²) in [5, 5.41) is 16.1. The second-order valence-corrected chi connectivity index (χ2v) is 7.37. The number of hydrogen-bond acceptors (Lipinski definition) is 5. The van der Waals surface area contributed by atoms with Crippen molar-refractivity contribution in [3.63, 3.8) is 0 Å². The lowest BCUT2D eigenvalue weighted by molar-refractivity contribution is -0.131. The van der Waals surface area contributed by atoms with Gasteiger partial charge in [-0.05, 0) is 36.4 Å². The van der Waals surface area contributed by atoms with Gasteiger partial charge in [-0.15, -0.1) is 11.3 Å². The number of methoxy groups -OCH3 is 1. The van der Waals surface area contributed by atoms with E-state index in [-0.39, 0.29) is 4.88 Å². The molecule has 5 nitrogen and oxygen atoms in total. The Hall–Kier alpha value is -2.96. The average molecular weight is 395 g/mol. The van der Waals surface area contributed by atoms with Gasteiger partial charge < -0.3 is 15.2 Å². The number of hydrogen-bond donors (Lipinski definition) is 2. The molecule has 0 saturated carbocycles. The first-order chi connectivity index (χ1) is 13.4. The molecule has 3 aromatic rings. The number of rotatable bonds is 5. The Labute approximate surface area is 167 Å². The molecule has 1 heterocycles. The average Bonchev–Trinajstić information content (AvgIpc) is 3.15. The summed E-state index contributed by atoms with van der Waals surface area (Å²) in [5.74, 6) is -1.18. The van der Waals surface area contributed by atoms with Crippen LogP contribution in [0.5, 0.6) is 0 Å². The Morgan fingerprint density at radius 1 is 0.964 bits per heavy atom. The molecule has 0 atom stereocenters. The summed E-state index contributed by atoms with van der Waals surface area (Å²) < 4.78 is 4.77. The molecule has 28 heavy (non-hydrogen) atoms. The van der Waals surface area contributed by atoms with Crippen LogP contribution < -0.4 is 5.32 Å². The molecule has 0 radical (unpaired) electrons. The first-order valence-electron chi connectivity index (χ1n) is 8.71. The van der Waals surface area contributed by atoms with Crippen molar-refractivity contribution in [3.05, 3.63) is 87.1 Å². The van der Waals surface area contributed by atoms with E-state index in [0.29, 0.717) is 16.8 Å². The maximum atomic E-state index is 13.4. The van der Waals surface area contributed by atoms with E-state index in [1.165, 1.54) is 7.11 Å². The van der Waals surface area contributed by atoms with Gasteiger partial charge in [0.1, 0.15) is 4.88 Å². The molecule has 2 aromatic carbocycles. The van der Waals surface area contributed by atoms with E-state index in [4.69, 9.17) is 4.74 Å². The summed E-state index contributed by atoms with van der Waals surface area (Å²) >= 11 is 1.16. The predicted octanol–water partition coefficient (Wildman–Crippen LogP) is 4.03. The minimum Gasteiger partial charge on any atom is -0.465 e. The van der Waals surface area contributed by atoms with Crippen LogP contribution in [0.4, 0.5) is 5.69 Å². The molecule has 0 bridgehead atoms. The number of benzene rings is 2. The molecule has 0 aliphatic heterocycles. The van der Waals surface area contributed by atoms with Crippen LogP contribution in [0.25, 0.3) is 0 Å². The molecule has 0 saturated heterocycles. The monoisotopic (exact) mass is 395 g/mol. The topological polar surface area (TPSA) is 75.6 Å². The third-order valence-electron chi connectivity index (χ3n) is 4.68. The van der Waals surface area contributed by atoms with Gasteiger partial charge in [-0.2, -0.15) is 0 Å². The number of anilines is 1. The Kier molecular flexibility index (Phi) is 5.63. The van der Waals surface area contributed by atoms with Crippen LogP contribution in [0.3, 0.4) is 0 Å². The smallest absolute Gasteiger partial charge is 0.350 e. The summed E-state index contributed by atoms with van der Waals surface area (Å²) in [6, 6.07) is 16.0. The molecule has 1 amide bonds. The summed E-state index contributed by atoms with van der Waals surface area (Å²) in [4.78, 5) is 25.6. The van der Waals surface area contributed by atoms with E-state index in [9.17, 15) is 14.7 Å². The van der Waals surface area contributed by atoms with E-state index in [1.807, 2.05) is 38.1 Å². The fraction of sp³-hybridized carbons (Fsp3) is 0.182. The van der Waals surface area contributed by atoms with Crippen molar-refractivity contribution >= 4 is 28.9 Å². The number of nitrogens with one attached hydrogen (secondary N) is 1. The van der Waals surface area contributed by atoms with Crippen LogP contribution in [0.1, 0.15) is 31.9 Å². The highest BCUT2D eigenvalue weighted by Gasteiger charge is 2.42. The summed E-state index contributed by atoms with van der Waals surface area (Å²) in [6.45, 7) is 3.69. The van der Waals surface area contributed by atoms with E-state index in [1.54, 1.807) is 35.7 Å². The summed E-state index contributed by atoms with van der Waals surface area (Å²) in [6.07, 6.45) is 0. The lowest BCUT2D eigenvalue weighted by Crippen LogP contribution is -2.42. The molecule has 144 valence electrons. The number of aryl methyl sites for hydroxylation is 2. The molecule has 0 fully saturated rings. The molecule has 6 heteroatoms. The van der Waals surface area contributed by atoms with Gasteiger partial charge >= 0.3 is 5.97 Å². The van der Waals surface area contributed by atoms with Crippen molar-refractivity contribution in [2.45, 2.75) is 19.4 Å². The molecule has 0 unspecified atom stereocenters. The molecule has 2 N–H and O–H groups in total. The first kappa shape index (κ1) is 19.8. The normalized spacial score (nSPS) is 11.1. The van der Waals surface area contributed by atoms with Gasteiger partial charge in [-0.25, -0.2) is 4.79 Å². The Bertz CT molecular complexity index is 979. The zero-order valence-electron chi connectivity index (χ0n) is 15.9. The summed E-state index contributed by atoms with van der Waals surface area (Å²) in [7, 11) is 1.28. The van der Waals surface area contributed by atoms with Gasteiger partial charge in [0.05, 0.1) is 12.8 Å². The van der Waals surface area contributed by atoms with Crippen molar-refractivity contribution in [1.82, 2.24) is 0 Å². The van der Waals surface area contributed by atoms with Crippen molar-refractivity contribution in [2.24, 2.45) is 0 Å². The molecular formula is C22H21NO4S. The fourth-order valence-corrected chi connectivity index (χ4v) is 3.98. The van der Waals surface area contributed by atoms with Crippen LogP contribution in [0.2, 0.25) is 0 Å². The Balaban J connectivity index is 2.12. The van der Waals surface area contributed by atoms with E-state index < -0.39 is 17.5 Å². The van der Waals surface area contributed by atoms with Crippen molar-refractivity contribution in [3.8, 4) is 0 Å². The standard InChI is InChI=1S/C22H21NO4S/c1-14-8-4-6-10-16(14)22(26,17-11-7-5-9-15(17)2)21(25)23-18-12-13-28-19(18)20(24)27-3/h4-13,26H,1-3H3,(H,23,25). The second-order valence-electron chi connectivity index (χ2n) is 6.45. The van der Waals surface area contributed by atoms with Gasteiger partial charge in [0, 0.05) is 11.1 Å². The number of amides is 1. The highest BCUT2D eigenvalue weighted by molar-refractivity contribution is 7.12. The SMILES string of the molecule is COC(=O)c1sccc1NC(=O)C(O)(c1ccccc1C)c1ccccc1C. The Morgan fingerprint density at radius 3 is 2.00 bits per heavy atom. The van der Waals surface area contributed by atoms with E-state index >= 15 is 0 Å². The lowest BCUT2D eigenvalue weighted by Gasteiger charge is -2.30. The number of esters is 1. The maximum absolute atomic E-state index is 13.4. The first-order valence-corrected chi connectivity index (χ1v) is 9.59. The molecule has 3 rings (SSSR count). The van der Waals surface area contributed by atoms with Gasteiger partial charge in [-0.1, -0.05) is 48.5 Å². The number of aliphatic hydroxyl groups is 1. The van der Waals surface area contributed by atoms with Gasteiger partial charge in [0.2, 0.25) is 0 Å². The molecule has 0 aliphatic carbocycles. The number of carbonyl (C=O) groups is 2. The van der Waals surface area contributed by atoms with E-state index in [0.717, 1.165) is 22.5 Å². The zero-order valence-corrected chi connectivity index (χ0v) is 16.7. The molecule has 1 aromatic heterocycles. The van der Waals surface area contributed by atoms with Crippen molar-refractivity contribution in [1.29, 1.82) is 0 Å². The quantitative estimate of drug-likeness (QED) is 0.640. The van der Waals surface area contributed by atoms with Gasteiger partial charge in [0.25, 0.3) is 5.91 Å². The van der Waals surface area contributed by atoms with Crippen LogP contribution in [0, 0.1) is 13.8 Å². The largest absolute Gasteiger partial charge is 0.465 e. The molecular weight excluding hydrogens is 374 g/mol. The van der Waals surface area contributed by atoms with Gasteiger partial charge in [0.15, 0.2) is 5.60 Å². The highest BCUT2D eigenvalue weighted by Crippen LogP contribution is 2.36. The molecule has 0 spiro atoms. The lowest BCUT2D eigenvalue weighted by atomic mass is 9.81. The van der Waals surface area contributed by atoms with Crippen LogP contribution >= 0.6 is 11.3 Å².